The molecule has 1 saturated heterocycles. The highest BCUT2D eigenvalue weighted by molar-refractivity contribution is 5.98. The summed E-state index contributed by atoms with van der Waals surface area (Å²) in [5.74, 6) is 0.809. The lowest BCUT2D eigenvalue weighted by Crippen LogP contribution is -2.37. The zero-order valence-corrected chi connectivity index (χ0v) is 25.6. The first-order chi connectivity index (χ1) is 20.8. The number of aromatic hydroxyl groups is 1. The van der Waals surface area contributed by atoms with Gasteiger partial charge in [-0.2, -0.15) is 9.97 Å². The second-order valence-corrected chi connectivity index (χ2v) is 12.7. The minimum Gasteiger partial charge on any atom is -0.508 e. The van der Waals surface area contributed by atoms with Crippen molar-refractivity contribution in [2.24, 2.45) is 5.41 Å². The van der Waals surface area contributed by atoms with Crippen LogP contribution in [0.2, 0.25) is 0 Å². The molecule has 1 saturated carbocycles. The Morgan fingerprint density at radius 2 is 2.00 bits per heavy atom. The third kappa shape index (κ3) is 6.37. The van der Waals surface area contributed by atoms with E-state index in [1.807, 2.05) is 6.92 Å². The van der Waals surface area contributed by atoms with Gasteiger partial charge in [0.1, 0.15) is 17.4 Å². The molecule has 2 N–H and O–H groups in total. The van der Waals surface area contributed by atoms with Crippen molar-refractivity contribution in [1.82, 2.24) is 14.9 Å². The van der Waals surface area contributed by atoms with E-state index in [0.717, 1.165) is 65.9 Å². The number of aromatic nitrogens is 2. The van der Waals surface area contributed by atoms with Gasteiger partial charge in [-0.15, -0.1) is 0 Å². The summed E-state index contributed by atoms with van der Waals surface area (Å²) in [6.07, 6.45) is 4.89. The second kappa shape index (κ2) is 12.4. The van der Waals surface area contributed by atoms with E-state index in [2.05, 4.69) is 28.8 Å². The summed E-state index contributed by atoms with van der Waals surface area (Å²) in [6.45, 7) is 6.84. The summed E-state index contributed by atoms with van der Waals surface area (Å²) < 4.78 is 27.3. The molecule has 3 aromatic rings. The molecular formula is C33H44FN5O4. The zero-order chi connectivity index (χ0) is 30.1. The van der Waals surface area contributed by atoms with Gasteiger partial charge < -0.3 is 34.4 Å². The Bertz CT molecular complexity index is 1460. The van der Waals surface area contributed by atoms with E-state index in [-0.39, 0.29) is 29.7 Å². The minimum atomic E-state index is -0.229. The van der Waals surface area contributed by atoms with Crippen LogP contribution in [0.15, 0.2) is 24.3 Å². The number of rotatable bonds is 10. The number of halogens is 1. The topological polar surface area (TPSA) is 94.4 Å². The van der Waals surface area contributed by atoms with Gasteiger partial charge in [0.2, 0.25) is 0 Å². The summed E-state index contributed by atoms with van der Waals surface area (Å²) in [5.41, 5.74) is 3.58. The maximum Gasteiger partial charge on any atom is 0.318 e. The number of hydrogen-bond acceptors (Lipinski definition) is 9. The number of anilines is 2. The Morgan fingerprint density at radius 1 is 1.16 bits per heavy atom. The normalized spacial score (nSPS) is 19.9. The van der Waals surface area contributed by atoms with Gasteiger partial charge in [0.25, 0.3) is 0 Å². The molecule has 2 aromatic carbocycles. The monoisotopic (exact) mass is 593 g/mol. The predicted octanol–water partition coefficient (Wildman–Crippen LogP) is 4.30. The molecule has 3 heterocycles. The number of nitrogens with zero attached hydrogens (tertiary/aromatic N) is 5. The number of phenols is 1. The molecule has 3 aliphatic rings. The van der Waals surface area contributed by atoms with E-state index in [0.29, 0.717) is 63.7 Å². The number of ether oxygens (including phenoxy) is 2. The molecule has 0 amide bonds. The SMILES string of the molecule is CCc1c(F)ccc2cc(O)cc(N3CCc4c(nc(OCC5(CN(C)C)CC5)nc4N4CCCOC(CCO)C4)C3)c12. The first-order valence-corrected chi connectivity index (χ1v) is 15.6. The zero-order valence-electron chi connectivity index (χ0n) is 25.6. The summed E-state index contributed by atoms with van der Waals surface area (Å²) >= 11 is 0. The van der Waals surface area contributed by atoms with Gasteiger partial charge in [-0.05, 0) is 75.7 Å². The average Bonchev–Trinajstić information content (AvgIpc) is 3.78. The molecule has 9 nitrogen and oxygen atoms in total. The molecule has 1 unspecified atom stereocenters. The van der Waals surface area contributed by atoms with Gasteiger partial charge in [-0.25, -0.2) is 4.39 Å². The van der Waals surface area contributed by atoms with Crippen molar-refractivity contribution < 1.29 is 24.1 Å². The number of aliphatic hydroxyl groups is 1. The van der Waals surface area contributed by atoms with Gasteiger partial charge in [-0.1, -0.05) is 13.0 Å². The summed E-state index contributed by atoms with van der Waals surface area (Å²) in [6, 6.07) is 7.05. The first kappa shape index (κ1) is 29.8. The van der Waals surface area contributed by atoms with E-state index in [9.17, 15) is 14.6 Å². The van der Waals surface area contributed by atoms with Crippen LogP contribution in [-0.4, -0.2) is 91.3 Å². The number of phenolic OH excluding ortho intramolecular Hbond substituents is 1. The van der Waals surface area contributed by atoms with Crippen LogP contribution in [0.5, 0.6) is 11.8 Å². The average molecular weight is 594 g/mol. The first-order valence-electron chi connectivity index (χ1n) is 15.6. The quantitative estimate of drug-likeness (QED) is 0.357. The van der Waals surface area contributed by atoms with Crippen LogP contribution in [0, 0.1) is 11.2 Å². The van der Waals surface area contributed by atoms with E-state index >= 15 is 0 Å². The Balaban J connectivity index is 1.37. The number of hydrogen-bond donors (Lipinski definition) is 2. The number of aliphatic hydroxyl groups excluding tert-OH is 1. The largest absolute Gasteiger partial charge is 0.508 e. The van der Waals surface area contributed by atoms with Gasteiger partial charge in [0.15, 0.2) is 0 Å². The van der Waals surface area contributed by atoms with Crippen molar-refractivity contribution in [2.75, 3.05) is 69.9 Å². The molecule has 6 rings (SSSR count). The van der Waals surface area contributed by atoms with Crippen LogP contribution in [0.4, 0.5) is 15.9 Å². The van der Waals surface area contributed by atoms with E-state index in [1.54, 1.807) is 18.2 Å². The summed E-state index contributed by atoms with van der Waals surface area (Å²) in [4.78, 5) is 16.7. The van der Waals surface area contributed by atoms with Crippen LogP contribution >= 0.6 is 0 Å². The van der Waals surface area contributed by atoms with Gasteiger partial charge in [-0.3, -0.25) is 0 Å². The highest BCUT2D eigenvalue weighted by atomic mass is 19.1. The maximum atomic E-state index is 15.0. The molecule has 2 aliphatic heterocycles. The molecule has 43 heavy (non-hydrogen) atoms. The lowest BCUT2D eigenvalue weighted by Gasteiger charge is -2.35. The highest BCUT2D eigenvalue weighted by Gasteiger charge is 2.44. The summed E-state index contributed by atoms with van der Waals surface area (Å²) in [5, 5.41) is 21.9. The van der Waals surface area contributed by atoms with Crippen LogP contribution in [0.3, 0.4) is 0 Å². The molecule has 1 aliphatic carbocycles. The van der Waals surface area contributed by atoms with E-state index in [1.165, 1.54) is 6.07 Å². The third-order valence-electron chi connectivity index (χ3n) is 9.07. The second-order valence-electron chi connectivity index (χ2n) is 12.7. The summed E-state index contributed by atoms with van der Waals surface area (Å²) in [7, 11) is 4.18. The fourth-order valence-corrected chi connectivity index (χ4v) is 6.81. The fraction of sp³-hybridized carbons (Fsp3) is 0.576. The van der Waals surface area contributed by atoms with Gasteiger partial charge >= 0.3 is 6.01 Å². The molecule has 0 bridgehead atoms. The van der Waals surface area contributed by atoms with Crippen LogP contribution < -0.4 is 14.5 Å². The third-order valence-corrected chi connectivity index (χ3v) is 9.07. The molecule has 2 fully saturated rings. The smallest absolute Gasteiger partial charge is 0.318 e. The number of fused-ring (bicyclic) bond motifs is 2. The molecule has 232 valence electrons. The van der Waals surface area contributed by atoms with Crippen LogP contribution in [0.25, 0.3) is 10.8 Å². The van der Waals surface area contributed by atoms with Crippen molar-refractivity contribution in [3.05, 3.63) is 46.9 Å². The van der Waals surface area contributed by atoms with Crippen molar-refractivity contribution in [3.63, 3.8) is 0 Å². The van der Waals surface area contributed by atoms with Crippen LogP contribution in [-0.2, 0) is 24.1 Å². The molecular weight excluding hydrogens is 549 g/mol. The molecule has 1 aromatic heterocycles. The Hall–Kier alpha value is -3.21. The molecule has 0 radical (unpaired) electrons. The Labute approximate surface area is 253 Å². The van der Waals surface area contributed by atoms with Crippen molar-refractivity contribution in [1.29, 1.82) is 0 Å². The lowest BCUT2D eigenvalue weighted by atomic mass is 9.97. The minimum absolute atomic E-state index is 0.0709. The fourth-order valence-electron chi connectivity index (χ4n) is 6.81. The lowest BCUT2D eigenvalue weighted by molar-refractivity contribution is 0.0502. The highest BCUT2D eigenvalue weighted by Crippen LogP contribution is 2.46. The van der Waals surface area contributed by atoms with Gasteiger partial charge in [0, 0.05) is 67.5 Å². The Kier molecular flexibility index (Phi) is 8.62. The van der Waals surface area contributed by atoms with E-state index in [4.69, 9.17) is 19.4 Å². The number of benzene rings is 2. The molecule has 1 atom stereocenters. The molecule has 10 heteroatoms. The number of aryl methyl sites for hydroxylation is 1. The Morgan fingerprint density at radius 3 is 2.74 bits per heavy atom. The van der Waals surface area contributed by atoms with Crippen LogP contribution in [0.1, 0.15) is 49.4 Å². The molecule has 0 spiro atoms. The van der Waals surface area contributed by atoms with Gasteiger partial charge in [0.05, 0.1) is 24.9 Å². The van der Waals surface area contributed by atoms with Crippen molar-refractivity contribution >= 4 is 22.3 Å². The van der Waals surface area contributed by atoms with Crippen molar-refractivity contribution in [2.45, 2.75) is 58.1 Å². The van der Waals surface area contributed by atoms with E-state index < -0.39 is 0 Å². The van der Waals surface area contributed by atoms with Crippen molar-refractivity contribution in [3.8, 4) is 11.8 Å². The standard InChI is InChI=1S/C33H44FN5O4/c1-4-25-27(34)7-6-22-16-23(41)17-29(30(22)25)38-13-8-26-28(19-38)35-32(43-21-33(10-11-33)20-37(2)3)36-31(26)39-12-5-15-42-24(18-39)9-14-40/h6-7,16-17,24,40-41H,4-5,8-15,18-21H2,1-3H3. The maximum absolute atomic E-state index is 15.0. The predicted molar refractivity (Wildman–Crippen MR) is 166 cm³/mol.